The van der Waals surface area contributed by atoms with Gasteiger partial charge in [-0.25, -0.2) is 4.79 Å². The number of aliphatic carboxylic acids is 1. The summed E-state index contributed by atoms with van der Waals surface area (Å²) in [4.78, 5) is 11.3. The van der Waals surface area contributed by atoms with Crippen molar-refractivity contribution in [3.8, 4) is 5.75 Å². The van der Waals surface area contributed by atoms with E-state index < -0.39 is 36.7 Å². The van der Waals surface area contributed by atoms with Crippen molar-refractivity contribution in [2.24, 2.45) is 0 Å². The van der Waals surface area contributed by atoms with Gasteiger partial charge >= 0.3 is 5.97 Å². The van der Waals surface area contributed by atoms with Gasteiger partial charge in [-0.15, -0.1) is 0 Å². The molecule has 164 valence electrons. The Morgan fingerprint density at radius 1 is 1.17 bits per heavy atom. The highest BCUT2D eigenvalue weighted by atomic mass is 16.7. The highest BCUT2D eigenvalue weighted by Gasteiger charge is 2.48. The van der Waals surface area contributed by atoms with Gasteiger partial charge in [0.15, 0.2) is 6.10 Å². The lowest BCUT2D eigenvalue weighted by Gasteiger charge is -2.39. The summed E-state index contributed by atoms with van der Waals surface area (Å²) in [7, 11) is 1.59. The molecule has 1 fully saturated rings. The lowest BCUT2D eigenvalue weighted by atomic mass is 9.95. The molecule has 1 aromatic carbocycles. The van der Waals surface area contributed by atoms with Gasteiger partial charge in [0.2, 0.25) is 6.29 Å². The van der Waals surface area contributed by atoms with Crippen LogP contribution in [-0.2, 0) is 20.9 Å². The van der Waals surface area contributed by atoms with Gasteiger partial charge in [-0.2, -0.15) is 0 Å². The first-order valence-corrected chi connectivity index (χ1v) is 9.65. The number of hydrogen-bond acceptors (Lipinski definition) is 8. The quantitative estimate of drug-likeness (QED) is 0.403. The molecule has 0 aromatic heterocycles. The van der Waals surface area contributed by atoms with Crippen LogP contribution in [0.4, 0.5) is 5.69 Å². The molecule has 9 nitrogen and oxygen atoms in total. The van der Waals surface area contributed by atoms with Crippen LogP contribution in [0.25, 0.3) is 0 Å². The molecule has 9 heteroatoms. The van der Waals surface area contributed by atoms with E-state index in [-0.39, 0.29) is 5.54 Å². The van der Waals surface area contributed by atoms with Crippen LogP contribution in [0.3, 0.4) is 0 Å². The number of aliphatic hydroxyl groups is 3. The average Bonchev–Trinajstić information content (AvgIpc) is 2.69. The molecule has 29 heavy (non-hydrogen) atoms. The molecule has 1 aliphatic rings. The summed E-state index contributed by atoms with van der Waals surface area (Å²) in [5.41, 5.74) is 1.28. The summed E-state index contributed by atoms with van der Waals surface area (Å²) in [5.74, 6) is -1.15. The molecular formula is C20H31NO8. The van der Waals surface area contributed by atoms with E-state index in [1.807, 2.05) is 6.07 Å². The molecule has 0 saturated carbocycles. The second-order valence-electron chi connectivity index (χ2n) is 7.51. The van der Waals surface area contributed by atoms with E-state index in [0.717, 1.165) is 18.4 Å². The Balaban J connectivity index is 2.33. The van der Waals surface area contributed by atoms with Crippen molar-refractivity contribution in [3.63, 3.8) is 0 Å². The van der Waals surface area contributed by atoms with Gasteiger partial charge in [0.1, 0.15) is 24.1 Å². The number of hydrogen-bond donors (Lipinski definition) is 5. The number of carbonyl (C=O) groups is 1. The number of ether oxygens (including phenoxy) is 3. The maximum absolute atomic E-state index is 11.3. The largest absolute Gasteiger partial charge is 0.479 e. The summed E-state index contributed by atoms with van der Waals surface area (Å²) >= 11 is 0. The number of aliphatic hydroxyl groups excluding tert-OH is 3. The van der Waals surface area contributed by atoms with Crippen molar-refractivity contribution in [1.82, 2.24) is 0 Å². The zero-order valence-electron chi connectivity index (χ0n) is 17.2. The first kappa shape index (κ1) is 23.4. The second kappa shape index (κ2) is 9.73. The molecule has 1 aliphatic heterocycles. The summed E-state index contributed by atoms with van der Waals surface area (Å²) in [5, 5.41) is 42.7. The molecule has 0 spiro atoms. The summed E-state index contributed by atoms with van der Waals surface area (Å²) in [6.07, 6.45) is -6.64. The van der Waals surface area contributed by atoms with Crippen molar-refractivity contribution in [2.45, 2.75) is 76.5 Å². The third-order valence-corrected chi connectivity index (χ3v) is 5.41. The van der Waals surface area contributed by atoms with Crippen LogP contribution in [0.15, 0.2) is 18.2 Å². The molecule has 1 saturated heterocycles. The van der Waals surface area contributed by atoms with Crippen molar-refractivity contribution in [2.75, 3.05) is 12.4 Å². The highest BCUT2D eigenvalue weighted by molar-refractivity contribution is 5.73. The lowest BCUT2D eigenvalue weighted by molar-refractivity contribution is -0.271. The third-order valence-electron chi connectivity index (χ3n) is 5.41. The Morgan fingerprint density at radius 2 is 1.83 bits per heavy atom. The molecular weight excluding hydrogens is 382 g/mol. The Kier molecular flexibility index (Phi) is 7.84. The van der Waals surface area contributed by atoms with E-state index in [1.165, 1.54) is 0 Å². The molecule has 1 heterocycles. The fraction of sp³-hybridized carbons (Fsp3) is 0.650. The van der Waals surface area contributed by atoms with Crippen LogP contribution in [-0.4, -0.2) is 69.8 Å². The van der Waals surface area contributed by atoms with Crippen LogP contribution in [0, 0.1) is 0 Å². The Bertz CT molecular complexity index is 693. The number of anilines is 1. The van der Waals surface area contributed by atoms with E-state index in [1.54, 1.807) is 19.2 Å². The maximum Gasteiger partial charge on any atom is 0.335 e. The average molecular weight is 413 g/mol. The van der Waals surface area contributed by atoms with Crippen LogP contribution in [0.5, 0.6) is 5.75 Å². The minimum absolute atomic E-state index is 0.227. The van der Waals surface area contributed by atoms with Gasteiger partial charge in [0.05, 0.1) is 12.3 Å². The van der Waals surface area contributed by atoms with Gasteiger partial charge in [-0.05, 0) is 37.5 Å². The van der Waals surface area contributed by atoms with Gasteiger partial charge in [0, 0.05) is 12.6 Å². The molecule has 5 N–H and O–H groups in total. The predicted octanol–water partition coefficient (Wildman–Crippen LogP) is 1.09. The van der Waals surface area contributed by atoms with Crippen LogP contribution >= 0.6 is 0 Å². The maximum atomic E-state index is 11.3. The van der Waals surface area contributed by atoms with Gasteiger partial charge in [-0.3, -0.25) is 0 Å². The van der Waals surface area contributed by atoms with Crippen molar-refractivity contribution in [1.29, 1.82) is 0 Å². The molecule has 0 amide bonds. The molecule has 5 unspecified atom stereocenters. The normalized spacial score (nSPS) is 27.5. The molecule has 5 atom stereocenters. The van der Waals surface area contributed by atoms with Crippen LogP contribution in [0.2, 0.25) is 0 Å². The third kappa shape index (κ3) is 5.37. The molecule has 1 aromatic rings. The SMILES string of the molecule is CCC(C)(CC)Nc1cc(COC)ccc1OC1OC(C(=O)O)C(O)C(O)C1O. The Hall–Kier alpha value is -1.91. The van der Waals surface area contributed by atoms with Crippen molar-refractivity contribution < 1.29 is 39.4 Å². The predicted molar refractivity (Wildman–Crippen MR) is 105 cm³/mol. The van der Waals surface area contributed by atoms with Gasteiger partial charge in [-0.1, -0.05) is 19.9 Å². The number of carboxylic acids is 1. The molecule has 2 rings (SSSR count). The molecule has 0 aliphatic carbocycles. The zero-order chi connectivity index (χ0) is 21.8. The topological polar surface area (TPSA) is 138 Å². The van der Waals surface area contributed by atoms with Crippen molar-refractivity contribution >= 4 is 11.7 Å². The van der Waals surface area contributed by atoms with E-state index in [9.17, 15) is 25.2 Å². The Morgan fingerprint density at radius 3 is 2.38 bits per heavy atom. The fourth-order valence-corrected chi connectivity index (χ4v) is 3.06. The van der Waals surface area contributed by atoms with Crippen LogP contribution < -0.4 is 10.1 Å². The van der Waals surface area contributed by atoms with E-state index >= 15 is 0 Å². The van der Waals surface area contributed by atoms with Gasteiger partial charge in [0.25, 0.3) is 0 Å². The van der Waals surface area contributed by atoms with Gasteiger partial charge < -0.3 is 40.0 Å². The van der Waals surface area contributed by atoms with Crippen LogP contribution in [0.1, 0.15) is 39.2 Å². The highest BCUT2D eigenvalue weighted by Crippen LogP contribution is 2.34. The number of nitrogens with one attached hydrogen (secondary N) is 1. The van der Waals surface area contributed by atoms with E-state index in [2.05, 4.69) is 26.1 Å². The zero-order valence-corrected chi connectivity index (χ0v) is 17.2. The summed E-state index contributed by atoms with van der Waals surface area (Å²) in [6, 6.07) is 5.28. The monoisotopic (exact) mass is 413 g/mol. The fourth-order valence-electron chi connectivity index (χ4n) is 3.06. The first-order valence-electron chi connectivity index (χ1n) is 9.65. The van der Waals surface area contributed by atoms with E-state index in [4.69, 9.17) is 14.2 Å². The standard InChI is InChI=1S/C20H31NO8/c1-5-20(3,6-2)21-12-9-11(10-27-4)7-8-13(12)28-19-16(24)14(22)15(23)17(29-19)18(25)26/h7-9,14-17,19,21-24H,5-6,10H2,1-4H3,(H,25,26). The number of carboxylic acid groups (broad SMARTS) is 1. The number of benzene rings is 1. The minimum atomic E-state index is -1.77. The number of methoxy groups -OCH3 is 1. The second-order valence-corrected chi connectivity index (χ2v) is 7.51. The lowest BCUT2D eigenvalue weighted by Crippen LogP contribution is -2.61. The molecule has 0 bridgehead atoms. The summed E-state index contributed by atoms with van der Waals surface area (Å²) in [6.45, 7) is 6.56. The van der Waals surface area contributed by atoms with E-state index in [0.29, 0.717) is 18.0 Å². The number of rotatable bonds is 9. The van der Waals surface area contributed by atoms with Crippen molar-refractivity contribution in [3.05, 3.63) is 23.8 Å². The molecule has 0 radical (unpaired) electrons. The Labute approximate surface area is 170 Å². The smallest absolute Gasteiger partial charge is 0.335 e. The first-order chi connectivity index (χ1) is 13.7. The minimum Gasteiger partial charge on any atom is -0.479 e. The summed E-state index contributed by atoms with van der Waals surface area (Å²) < 4.78 is 16.2.